The molecule has 4 nitrogen and oxygen atoms in total. The minimum atomic E-state index is 0.0721. The fourth-order valence-electron chi connectivity index (χ4n) is 2.48. The summed E-state index contributed by atoms with van der Waals surface area (Å²) in [6, 6.07) is 5.93. The van der Waals surface area contributed by atoms with Crippen LogP contribution in [0, 0.1) is 6.92 Å². The minimum absolute atomic E-state index is 0.0721. The number of hydrogen-bond acceptors (Lipinski definition) is 2. The van der Waals surface area contributed by atoms with Crippen molar-refractivity contribution in [2.24, 2.45) is 0 Å². The first-order valence-corrected chi connectivity index (χ1v) is 6.80. The Morgan fingerprint density at radius 3 is 2.68 bits per heavy atom. The molecule has 102 valence electrons. The van der Waals surface area contributed by atoms with Gasteiger partial charge >= 0.3 is 0 Å². The van der Waals surface area contributed by atoms with E-state index in [9.17, 15) is 4.79 Å². The molecule has 0 spiro atoms. The number of carbonyl (C=O) groups is 1. The van der Waals surface area contributed by atoms with Gasteiger partial charge in [0.25, 0.3) is 5.91 Å². The van der Waals surface area contributed by atoms with Crippen molar-refractivity contribution in [2.45, 2.75) is 39.7 Å². The van der Waals surface area contributed by atoms with Gasteiger partial charge in [0.05, 0.1) is 11.0 Å². The minimum Gasteiger partial charge on any atom is -0.342 e. The lowest BCUT2D eigenvalue weighted by molar-refractivity contribution is 0.0724. The van der Waals surface area contributed by atoms with Crippen LogP contribution in [0.25, 0.3) is 11.0 Å². The summed E-state index contributed by atoms with van der Waals surface area (Å²) < 4.78 is 0. The number of imidazole rings is 1. The van der Waals surface area contributed by atoms with Crippen molar-refractivity contribution < 1.29 is 4.79 Å². The number of nitrogens with zero attached hydrogens (tertiary/aromatic N) is 2. The number of amides is 1. The van der Waals surface area contributed by atoms with E-state index in [1.807, 2.05) is 37.1 Å². The lowest BCUT2D eigenvalue weighted by atomic mass is 10.1. The van der Waals surface area contributed by atoms with Gasteiger partial charge in [0.15, 0.2) is 0 Å². The van der Waals surface area contributed by atoms with Crippen molar-refractivity contribution in [2.75, 3.05) is 7.05 Å². The monoisotopic (exact) mass is 259 g/mol. The number of aromatic nitrogens is 2. The van der Waals surface area contributed by atoms with E-state index in [-0.39, 0.29) is 5.91 Å². The molecule has 0 aliphatic heterocycles. The number of hydrogen-bond donors (Lipinski definition) is 1. The Labute approximate surface area is 113 Å². The van der Waals surface area contributed by atoms with Crippen LogP contribution in [0.4, 0.5) is 0 Å². The van der Waals surface area contributed by atoms with Gasteiger partial charge in [-0.3, -0.25) is 4.79 Å². The molecule has 4 heteroatoms. The molecule has 0 bridgehead atoms. The van der Waals surface area contributed by atoms with Crippen LogP contribution >= 0.6 is 0 Å². The van der Waals surface area contributed by atoms with Crippen molar-refractivity contribution in [1.82, 2.24) is 14.9 Å². The van der Waals surface area contributed by atoms with Gasteiger partial charge < -0.3 is 9.88 Å². The quantitative estimate of drug-likeness (QED) is 0.917. The third kappa shape index (κ3) is 2.62. The molecule has 1 N–H and O–H groups in total. The van der Waals surface area contributed by atoms with E-state index in [4.69, 9.17) is 0 Å². The molecule has 0 saturated carbocycles. The largest absolute Gasteiger partial charge is 0.342 e. The summed E-state index contributed by atoms with van der Waals surface area (Å²) in [4.78, 5) is 21.8. The molecule has 1 aromatic carbocycles. The molecule has 0 atom stereocenters. The summed E-state index contributed by atoms with van der Waals surface area (Å²) >= 11 is 0. The number of rotatable bonds is 4. The van der Waals surface area contributed by atoms with E-state index in [0.717, 1.165) is 29.7 Å². The molecule has 19 heavy (non-hydrogen) atoms. The summed E-state index contributed by atoms with van der Waals surface area (Å²) in [7, 11) is 1.88. The second-order valence-electron chi connectivity index (χ2n) is 4.94. The second kappa shape index (κ2) is 5.43. The van der Waals surface area contributed by atoms with Crippen LogP contribution in [-0.2, 0) is 0 Å². The van der Waals surface area contributed by atoms with Gasteiger partial charge in [-0.05, 0) is 38.0 Å². The molecule has 0 fully saturated rings. The number of fused-ring (bicyclic) bond motifs is 1. The maximum Gasteiger partial charge on any atom is 0.253 e. The van der Waals surface area contributed by atoms with Gasteiger partial charge in [0.2, 0.25) is 0 Å². The lowest BCUT2D eigenvalue weighted by Gasteiger charge is -2.26. The topological polar surface area (TPSA) is 49.0 Å². The van der Waals surface area contributed by atoms with Crippen molar-refractivity contribution in [1.29, 1.82) is 0 Å². The molecule has 2 rings (SSSR count). The zero-order valence-corrected chi connectivity index (χ0v) is 12.0. The first kappa shape index (κ1) is 13.6. The summed E-state index contributed by atoms with van der Waals surface area (Å²) in [5.74, 6) is 0.941. The van der Waals surface area contributed by atoms with Gasteiger partial charge in [-0.2, -0.15) is 0 Å². The van der Waals surface area contributed by atoms with E-state index in [0.29, 0.717) is 11.6 Å². The number of nitrogens with one attached hydrogen (secondary N) is 1. The third-order valence-corrected chi connectivity index (χ3v) is 3.66. The number of carbonyl (C=O) groups excluding carboxylic acids is 1. The smallest absolute Gasteiger partial charge is 0.253 e. The van der Waals surface area contributed by atoms with E-state index in [1.165, 1.54) is 0 Å². The van der Waals surface area contributed by atoms with Crippen LogP contribution < -0.4 is 0 Å². The van der Waals surface area contributed by atoms with Crippen LogP contribution in [0.5, 0.6) is 0 Å². The van der Waals surface area contributed by atoms with Crippen LogP contribution in [0.15, 0.2) is 18.2 Å². The molecule has 0 saturated heterocycles. The first-order chi connectivity index (χ1) is 9.06. The average Bonchev–Trinajstić information content (AvgIpc) is 2.78. The Hall–Kier alpha value is -1.84. The van der Waals surface area contributed by atoms with Crippen molar-refractivity contribution in [3.63, 3.8) is 0 Å². The van der Waals surface area contributed by atoms with Crippen molar-refractivity contribution in [3.05, 3.63) is 29.6 Å². The van der Waals surface area contributed by atoms with E-state index in [1.54, 1.807) is 0 Å². The Morgan fingerprint density at radius 1 is 1.37 bits per heavy atom. The first-order valence-electron chi connectivity index (χ1n) is 6.80. The maximum absolute atomic E-state index is 12.4. The molecule has 0 radical (unpaired) electrons. The van der Waals surface area contributed by atoms with Gasteiger partial charge in [-0.15, -0.1) is 0 Å². The van der Waals surface area contributed by atoms with E-state index < -0.39 is 0 Å². The predicted octanol–water partition coefficient (Wildman–Crippen LogP) is 3.13. The van der Waals surface area contributed by atoms with Crippen LogP contribution in [0.3, 0.4) is 0 Å². The highest BCUT2D eigenvalue weighted by atomic mass is 16.2. The number of benzene rings is 1. The van der Waals surface area contributed by atoms with Crippen LogP contribution in [-0.4, -0.2) is 33.9 Å². The SMILES string of the molecule is CCC(CC)N(C)C(=O)c1ccc2nc(C)[nH]c2c1. The predicted molar refractivity (Wildman–Crippen MR) is 77.3 cm³/mol. The second-order valence-corrected chi connectivity index (χ2v) is 4.94. The molecular formula is C15H21N3O. The fourth-order valence-corrected chi connectivity index (χ4v) is 2.48. The van der Waals surface area contributed by atoms with Crippen LogP contribution in [0.1, 0.15) is 42.9 Å². The fraction of sp³-hybridized carbons (Fsp3) is 0.467. The third-order valence-electron chi connectivity index (χ3n) is 3.66. The zero-order chi connectivity index (χ0) is 14.0. The van der Waals surface area contributed by atoms with Gasteiger partial charge in [-0.25, -0.2) is 4.98 Å². The van der Waals surface area contributed by atoms with Gasteiger partial charge in [-0.1, -0.05) is 13.8 Å². The summed E-state index contributed by atoms with van der Waals surface area (Å²) in [6.07, 6.45) is 1.95. The molecule has 2 aromatic rings. The van der Waals surface area contributed by atoms with E-state index >= 15 is 0 Å². The molecule has 1 aromatic heterocycles. The van der Waals surface area contributed by atoms with Crippen LogP contribution in [0.2, 0.25) is 0 Å². The summed E-state index contributed by atoms with van der Waals surface area (Å²) in [5, 5.41) is 0. The summed E-state index contributed by atoms with van der Waals surface area (Å²) in [5.41, 5.74) is 2.53. The maximum atomic E-state index is 12.4. The van der Waals surface area contributed by atoms with Gasteiger partial charge in [0, 0.05) is 18.7 Å². The molecule has 0 aliphatic carbocycles. The normalized spacial score (nSPS) is 11.2. The average molecular weight is 259 g/mol. The Morgan fingerprint density at radius 2 is 2.05 bits per heavy atom. The Balaban J connectivity index is 2.30. The standard InChI is InChI=1S/C15H21N3O/c1-5-12(6-2)18(4)15(19)11-7-8-13-14(9-11)17-10(3)16-13/h7-9,12H,5-6H2,1-4H3,(H,16,17). The zero-order valence-electron chi connectivity index (χ0n) is 12.0. The highest BCUT2D eigenvalue weighted by molar-refractivity contribution is 5.97. The van der Waals surface area contributed by atoms with Crippen molar-refractivity contribution >= 4 is 16.9 Å². The Bertz CT molecular complexity index is 584. The van der Waals surface area contributed by atoms with Gasteiger partial charge in [0.1, 0.15) is 5.82 Å². The molecule has 0 aliphatic rings. The summed E-state index contributed by atoms with van der Waals surface area (Å²) in [6.45, 7) is 6.14. The van der Waals surface area contributed by atoms with Crippen molar-refractivity contribution in [3.8, 4) is 0 Å². The highest BCUT2D eigenvalue weighted by Crippen LogP contribution is 2.17. The number of aromatic amines is 1. The molecule has 0 unspecified atom stereocenters. The highest BCUT2D eigenvalue weighted by Gasteiger charge is 2.18. The molecule has 1 amide bonds. The lowest BCUT2D eigenvalue weighted by Crippen LogP contribution is -2.36. The Kier molecular flexibility index (Phi) is 3.88. The van der Waals surface area contributed by atoms with E-state index in [2.05, 4.69) is 23.8 Å². The molecular weight excluding hydrogens is 238 g/mol. The molecule has 1 heterocycles. The number of H-pyrrole nitrogens is 1. The number of aryl methyl sites for hydroxylation is 1.